The Kier molecular flexibility index (Phi) is 2.87. The lowest BCUT2D eigenvalue weighted by Crippen LogP contribution is -1.91. The third kappa shape index (κ3) is 2.15. The van der Waals surface area contributed by atoms with Crippen molar-refractivity contribution in [2.75, 3.05) is 0 Å². The van der Waals surface area contributed by atoms with E-state index in [1.54, 1.807) is 25.1 Å². The molecule has 1 radical (unpaired) electrons. The van der Waals surface area contributed by atoms with Crippen LogP contribution in [0, 0.1) is 28.9 Å². The standard InChI is InChI=1S/C13H9FNO2/c1-9-12(6-3-7-13(9)14)10-4-2-5-11(8-10)15(16)17/h2-4,6-8H,1H3. The molecule has 0 amide bonds. The van der Waals surface area contributed by atoms with Gasteiger partial charge in [0, 0.05) is 6.07 Å². The second-order valence-electron chi connectivity index (χ2n) is 3.63. The molecule has 2 aromatic rings. The second-order valence-corrected chi connectivity index (χ2v) is 3.63. The molecule has 0 fully saturated rings. The topological polar surface area (TPSA) is 43.1 Å². The van der Waals surface area contributed by atoms with E-state index in [1.165, 1.54) is 18.2 Å². The van der Waals surface area contributed by atoms with Gasteiger partial charge in [0.1, 0.15) is 5.82 Å². The molecule has 0 unspecified atom stereocenters. The predicted octanol–water partition coefficient (Wildman–Crippen LogP) is 3.51. The summed E-state index contributed by atoms with van der Waals surface area (Å²) in [6, 6.07) is 11.7. The van der Waals surface area contributed by atoms with Gasteiger partial charge in [0.2, 0.25) is 0 Å². The molecular weight excluding hydrogens is 221 g/mol. The van der Waals surface area contributed by atoms with Crippen LogP contribution in [-0.2, 0) is 0 Å². The van der Waals surface area contributed by atoms with E-state index in [4.69, 9.17) is 0 Å². The average molecular weight is 230 g/mol. The maximum Gasteiger partial charge on any atom is 0.278 e. The minimum Gasteiger partial charge on any atom is -0.258 e. The monoisotopic (exact) mass is 230 g/mol. The second kappa shape index (κ2) is 4.33. The van der Waals surface area contributed by atoms with Crippen molar-refractivity contribution in [3.63, 3.8) is 0 Å². The third-order valence-electron chi connectivity index (χ3n) is 2.56. The van der Waals surface area contributed by atoms with Crippen molar-refractivity contribution in [2.24, 2.45) is 0 Å². The number of nitro benzene ring substituents is 1. The van der Waals surface area contributed by atoms with E-state index in [9.17, 15) is 14.5 Å². The molecule has 0 atom stereocenters. The van der Waals surface area contributed by atoms with Crippen LogP contribution in [0.25, 0.3) is 11.1 Å². The lowest BCUT2D eigenvalue weighted by molar-refractivity contribution is -0.385. The van der Waals surface area contributed by atoms with Crippen molar-refractivity contribution >= 4 is 5.69 Å². The summed E-state index contributed by atoms with van der Waals surface area (Å²) in [5, 5.41) is 10.6. The van der Waals surface area contributed by atoms with E-state index in [-0.39, 0.29) is 11.5 Å². The molecule has 3 nitrogen and oxygen atoms in total. The van der Waals surface area contributed by atoms with Crippen LogP contribution in [-0.4, -0.2) is 4.92 Å². The molecule has 0 spiro atoms. The van der Waals surface area contributed by atoms with E-state index in [2.05, 4.69) is 6.07 Å². The smallest absolute Gasteiger partial charge is 0.258 e. The Morgan fingerprint density at radius 3 is 2.82 bits per heavy atom. The van der Waals surface area contributed by atoms with Gasteiger partial charge in [-0.1, -0.05) is 18.2 Å². The molecule has 85 valence electrons. The molecule has 0 aliphatic rings. The van der Waals surface area contributed by atoms with Crippen molar-refractivity contribution in [1.29, 1.82) is 0 Å². The Morgan fingerprint density at radius 2 is 2.12 bits per heavy atom. The zero-order valence-corrected chi connectivity index (χ0v) is 9.11. The molecule has 0 aromatic heterocycles. The van der Waals surface area contributed by atoms with Gasteiger partial charge in [-0.05, 0) is 35.7 Å². The molecule has 0 heterocycles. The molecular formula is C13H9FNO2. The quantitative estimate of drug-likeness (QED) is 0.585. The van der Waals surface area contributed by atoms with Gasteiger partial charge in [-0.15, -0.1) is 0 Å². The van der Waals surface area contributed by atoms with Crippen LogP contribution < -0.4 is 0 Å². The molecule has 4 heteroatoms. The van der Waals surface area contributed by atoms with Crippen LogP contribution in [0.15, 0.2) is 36.4 Å². The van der Waals surface area contributed by atoms with Crippen molar-refractivity contribution in [2.45, 2.75) is 6.92 Å². The fourth-order valence-electron chi connectivity index (χ4n) is 1.65. The Hall–Kier alpha value is -2.23. The number of hydrogen-bond donors (Lipinski definition) is 0. The first kappa shape index (κ1) is 11.3. The highest BCUT2D eigenvalue weighted by Gasteiger charge is 2.10. The molecule has 17 heavy (non-hydrogen) atoms. The first-order valence-corrected chi connectivity index (χ1v) is 5.01. The van der Waals surface area contributed by atoms with Crippen LogP contribution in [0.4, 0.5) is 10.1 Å². The summed E-state index contributed by atoms with van der Waals surface area (Å²) in [7, 11) is 0. The summed E-state index contributed by atoms with van der Waals surface area (Å²) < 4.78 is 13.4. The molecule has 0 saturated carbocycles. The van der Waals surface area contributed by atoms with Crippen LogP contribution in [0.3, 0.4) is 0 Å². The van der Waals surface area contributed by atoms with Crippen LogP contribution in [0.2, 0.25) is 0 Å². The van der Waals surface area contributed by atoms with Gasteiger partial charge in [-0.2, -0.15) is 0 Å². The summed E-state index contributed by atoms with van der Waals surface area (Å²) in [5.74, 6) is -0.321. The van der Waals surface area contributed by atoms with Crippen LogP contribution >= 0.6 is 0 Å². The molecule has 0 aliphatic carbocycles. The van der Waals surface area contributed by atoms with Crippen molar-refractivity contribution in [1.82, 2.24) is 0 Å². The van der Waals surface area contributed by atoms with Gasteiger partial charge >= 0.3 is 0 Å². The van der Waals surface area contributed by atoms with E-state index in [0.717, 1.165) is 0 Å². The number of non-ortho nitro benzene ring substituents is 1. The summed E-state index contributed by atoms with van der Waals surface area (Å²) in [6.07, 6.45) is 0. The largest absolute Gasteiger partial charge is 0.278 e. The van der Waals surface area contributed by atoms with E-state index < -0.39 is 4.92 Å². The number of nitro groups is 1. The maximum absolute atomic E-state index is 13.4. The van der Waals surface area contributed by atoms with Gasteiger partial charge in [0.25, 0.3) is 5.69 Å². The minimum absolute atomic E-state index is 0.119. The van der Waals surface area contributed by atoms with Crippen molar-refractivity contribution in [3.05, 3.63) is 64.0 Å². The molecule has 0 aliphatic heterocycles. The first-order valence-electron chi connectivity index (χ1n) is 5.01. The normalized spacial score (nSPS) is 10.2. The molecule has 0 saturated heterocycles. The number of hydrogen-bond acceptors (Lipinski definition) is 2. The number of nitrogens with zero attached hydrogens (tertiary/aromatic N) is 1. The first-order chi connectivity index (χ1) is 8.09. The summed E-state index contributed by atoms with van der Waals surface area (Å²) in [4.78, 5) is 10.1. The maximum atomic E-state index is 13.4. The highest BCUT2D eigenvalue weighted by molar-refractivity contribution is 5.69. The summed E-state index contributed by atoms with van der Waals surface area (Å²) >= 11 is 0. The highest BCUT2D eigenvalue weighted by atomic mass is 19.1. The number of benzene rings is 2. The minimum atomic E-state index is -0.516. The predicted molar refractivity (Wildman–Crippen MR) is 62.1 cm³/mol. The molecule has 2 rings (SSSR count). The fourth-order valence-corrected chi connectivity index (χ4v) is 1.65. The van der Waals surface area contributed by atoms with Crippen molar-refractivity contribution in [3.8, 4) is 11.1 Å². The Labute approximate surface area is 97.7 Å². The van der Waals surface area contributed by atoms with Crippen LogP contribution in [0.1, 0.15) is 5.56 Å². The summed E-state index contributed by atoms with van der Waals surface area (Å²) in [5.41, 5.74) is 1.63. The van der Waals surface area contributed by atoms with E-state index in [1.807, 2.05) is 0 Å². The van der Waals surface area contributed by atoms with Gasteiger partial charge in [-0.3, -0.25) is 10.1 Å². The number of rotatable bonds is 2. The fraction of sp³-hybridized carbons (Fsp3) is 0.0769. The van der Waals surface area contributed by atoms with Gasteiger partial charge in [0.15, 0.2) is 0 Å². The van der Waals surface area contributed by atoms with Gasteiger partial charge in [-0.25, -0.2) is 4.39 Å². The Bertz CT molecular complexity index is 581. The zero-order valence-electron chi connectivity index (χ0n) is 9.11. The average Bonchev–Trinajstić information content (AvgIpc) is 2.33. The molecule has 0 bridgehead atoms. The van der Waals surface area contributed by atoms with E-state index >= 15 is 0 Å². The molecule has 2 aromatic carbocycles. The van der Waals surface area contributed by atoms with Crippen molar-refractivity contribution < 1.29 is 9.31 Å². The molecule has 0 N–H and O–H groups in total. The Balaban J connectivity index is 2.57. The summed E-state index contributed by atoms with van der Waals surface area (Å²) in [6.45, 7) is 1.65. The third-order valence-corrected chi connectivity index (χ3v) is 2.56. The van der Waals surface area contributed by atoms with Gasteiger partial charge < -0.3 is 0 Å². The lowest BCUT2D eigenvalue weighted by atomic mass is 10.00. The van der Waals surface area contributed by atoms with Crippen LogP contribution in [0.5, 0.6) is 0 Å². The lowest BCUT2D eigenvalue weighted by Gasteiger charge is -2.06. The Morgan fingerprint density at radius 1 is 1.35 bits per heavy atom. The van der Waals surface area contributed by atoms with Gasteiger partial charge in [0.05, 0.1) is 11.0 Å². The number of halogens is 1. The van der Waals surface area contributed by atoms with E-state index in [0.29, 0.717) is 16.7 Å². The highest BCUT2D eigenvalue weighted by Crippen LogP contribution is 2.27. The SMILES string of the molecule is Cc1c(F)cccc1-c1cc[c]c([N+](=O)[O-])c1. The zero-order chi connectivity index (χ0) is 12.4.